The monoisotopic (exact) mass is 940 g/mol. The van der Waals surface area contributed by atoms with Crippen LogP contribution in [0, 0.1) is 0 Å². The average molecular weight is 941 g/mol. The lowest BCUT2D eigenvalue weighted by Gasteiger charge is -2.22. The first-order chi connectivity index (χ1) is 32.0. The van der Waals surface area contributed by atoms with Crippen molar-refractivity contribution in [2.75, 3.05) is 23.6 Å². The molecule has 10 rings (SSSR count). The molecule has 2 saturated carbocycles. The molecule has 0 amide bonds. The molecular formula is C48H60N14OS2Si. The van der Waals surface area contributed by atoms with Gasteiger partial charge in [0.15, 0.2) is 0 Å². The lowest BCUT2D eigenvalue weighted by molar-refractivity contribution is 0.153. The molecule has 0 saturated heterocycles. The lowest BCUT2D eigenvalue weighted by Crippen LogP contribution is -2.26. The van der Waals surface area contributed by atoms with Gasteiger partial charge >= 0.3 is 0 Å². The van der Waals surface area contributed by atoms with Gasteiger partial charge < -0.3 is 10.1 Å². The first-order valence-electron chi connectivity index (χ1n) is 23.4. The minimum absolute atomic E-state index is 0.401. The molecule has 0 radical (unpaired) electrons. The molecule has 0 spiro atoms. The van der Waals surface area contributed by atoms with Crippen LogP contribution in [-0.2, 0) is 31.7 Å². The van der Waals surface area contributed by atoms with Crippen LogP contribution in [-0.4, -0.2) is 81.3 Å². The van der Waals surface area contributed by atoms with Crippen LogP contribution < -0.4 is 10.2 Å². The van der Waals surface area contributed by atoms with E-state index in [0.29, 0.717) is 18.6 Å². The molecule has 2 aliphatic carbocycles. The zero-order valence-electron chi connectivity index (χ0n) is 39.2. The molecule has 18 heteroatoms. The number of aryl methyl sites for hydroxylation is 4. The van der Waals surface area contributed by atoms with Crippen molar-refractivity contribution in [2.45, 2.75) is 116 Å². The summed E-state index contributed by atoms with van der Waals surface area (Å²) < 4.78 is 9.90. The third-order valence-corrected chi connectivity index (χ3v) is 16.2. The Labute approximate surface area is 395 Å². The summed E-state index contributed by atoms with van der Waals surface area (Å²) in [7, 11) is 2.72. The Balaban J connectivity index is 0.000000171. The topological polar surface area (TPSA) is 163 Å². The smallest absolute Gasteiger partial charge is 0.215 e. The lowest BCUT2D eigenvalue weighted by atomic mass is 10.1. The van der Waals surface area contributed by atoms with Crippen molar-refractivity contribution in [3.8, 4) is 22.3 Å². The number of anilines is 4. The molecule has 66 heavy (non-hydrogen) atoms. The Morgan fingerprint density at radius 2 is 1.26 bits per heavy atom. The number of hydrogen-bond donors (Lipinski definition) is 1. The largest absolute Gasteiger partial charge is 0.361 e. The Kier molecular flexibility index (Phi) is 13.9. The number of fused-ring (bicyclic) bond motifs is 2. The molecule has 2 fully saturated rings. The summed E-state index contributed by atoms with van der Waals surface area (Å²) in [4.78, 5) is 21.2. The predicted octanol–water partition coefficient (Wildman–Crippen LogP) is 11.4. The zero-order valence-corrected chi connectivity index (χ0v) is 41.8. The van der Waals surface area contributed by atoms with Gasteiger partial charge in [-0.05, 0) is 81.0 Å². The normalized spacial score (nSPS) is 14.7. The van der Waals surface area contributed by atoms with E-state index in [-0.39, 0.29) is 0 Å². The van der Waals surface area contributed by atoms with Gasteiger partial charge in [-0.3, -0.25) is 24.2 Å². The van der Waals surface area contributed by atoms with Crippen LogP contribution in [0.4, 0.5) is 21.9 Å². The maximum atomic E-state index is 6.19. The summed E-state index contributed by atoms with van der Waals surface area (Å²) in [6, 6.07) is 13.3. The Morgan fingerprint density at radius 3 is 1.85 bits per heavy atom. The molecule has 8 aromatic rings. The highest BCUT2D eigenvalue weighted by Gasteiger charge is 2.25. The van der Waals surface area contributed by atoms with E-state index in [1.54, 1.807) is 22.7 Å². The Hall–Kier alpha value is -5.56. The number of ether oxygens (including phenoxy) is 1. The van der Waals surface area contributed by atoms with E-state index in [2.05, 4.69) is 97.6 Å². The molecule has 0 unspecified atom stereocenters. The van der Waals surface area contributed by atoms with E-state index < -0.39 is 8.07 Å². The summed E-state index contributed by atoms with van der Waals surface area (Å²) in [5.74, 6) is 2.67. The highest BCUT2D eigenvalue weighted by Crippen LogP contribution is 2.40. The third-order valence-electron chi connectivity index (χ3n) is 12.4. The van der Waals surface area contributed by atoms with Gasteiger partial charge in [0.1, 0.15) is 28.4 Å². The fraction of sp³-hybridized carbons (Fsp3) is 0.458. The number of pyridine rings is 4. The average Bonchev–Trinajstić information content (AvgIpc) is 4.18. The van der Waals surface area contributed by atoms with Crippen LogP contribution in [0.25, 0.3) is 44.3 Å². The summed E-state index contributed by atoms with van der Waals surface area (Å²) in [5.41, 5.74) is 9.81. The molecule has 0 bridgehead atoms. The molecule has 15 nitrogen and oxygen atoms in total. The molecule has 0 atom stereocenters. The highest BCUT2D eigenvalue weighted by atomic mass is 32.1. The summed E-state index contributed by atoms with van der Waals surface area (Å²) in [5, 5.41) is 34.2. The summed E-state index contributed by atoms with van der Waals surface area (Å²) >= 11 is 3.31. The standard InChI is InChI=1S/C27H37N7OSSi.C21H23N7S/c1-6-22-21(17-33(2)32-22)20-15-24-23(28-16-20)11-12-25(29-24)34(18-35-13-14-37(3,4)5)27-31-30-26(36-27)19-9-7-8-10-19;1-3-16-15(12-28(2)27-16)14-10-18-17(22-11-14)8-9-19(23-18)24-21-26-25-20(29-21)13-6-4-5-7-13/h11-12,15-17,19H,6-10,13-14,18H2,1-5H3;8-13H,3-7H2,1-2H3,(H,23,24,26). The number of aromatic nitrogens is 12. The van der Waals surface area contributed by atoms with Crippen LogP contribution in [0.3, 0.4) is 0 Å². The van der Waals surface area contributed by atoms with Crippen molar-refractivity contribution in [3.05, 3.63) is 82.6 Å². The zero-order chi connectivity index (χ0) is 45.8. The van der Waals surface area contributed by atoms with E-state index in [1.165, 1.54) is 51.4 Å². The minimum Gasteiger partial charge on any atom is -0.361 e. The van der Waals surface area contributed by atoms with E-state index in [9.17, 15) is 0 Å². The number of hydrogen-bond acceptors (Lipinski definition) is 15. The highest BCUT2D eigenvalue weighted by molar-refractivity contribution is 7.15. The van der Waals surface area contributed by atoms with Crippen LogP contribution in [0.2, 0.25) is 25.7 Å². The molecule has 0 aromatic carbocycles. The summed E-state index contributed by atoms with van der Waals surface area (Å²) in [6.45, 7) is 12.5. The van der Waals surface area contributed by atoms with Crippen molar-refractivity contribution in [1.29, 1.82) is 0 Å². The third kappa shape index (κ3) is 10.7. The SMILES string of the molecule is CCc1nn(C)cc1-c1cnc2ccc(N(COCC[Si](C)(C)C)c3nnc(C4CCCC4)s3)nc2c1.CCc1nn(C)cc1-c1cnc2ccc(Nc3nnc(C4CCCC4)s3)nc2c1. The van der Waals surface area contributed by atoms with Crippen LogP contribution in [0.15, 0.2) is 61.2 Å². The van der Waals surface area contributed by atoms with Gasteiger partial charge in [0.2, 0.25) is 10.3 Å². The van der Waals surface area contributed by atoms with Crippen molar-refractivity contribution in [2.24, 2.45) is 14.1 Å². The molecular weight excluding hydrogens is 881 g/mol. The van der Waals surface area contributed by atoms with E-state index in [0.717, 1.165) is 113 Å². The second kappa shape index (κ2) is 20.1. The van der Waals surface area contributed by atoms with E-state index in [4.69, 9.17) is 19.7 Å². The second-order valence-electron chi connectivity index (χ2n) is 18.7. The molecule has 0 aliphatic heterocycles. The van der Waals surface area contributed by atoms with Crippen molar-refractivity contribution < 1.29 is 4.74 Å². The Bertz CT molecular complexity index is 2910. The molecule has 8 aromatic heterocycles. The van der Waals surface area contributed by atoms with E-state index in [1.807, 2.05) is 66.3 Å². The molecule has 344 valence electrons. The van der Waals surface area contributed by atoms with Gasteiger partial charge in [0.25, 0.3) is 0 Å². The fourth-order valence-corrected chi connectivity index (χ4v) is 11.4. The van der Waals surface area contributed by atoms with Crippen molar-refractivity contribution in [1.82, 2.24) is 59.9 Å². The number of rotatable bonds is 15. The second-order valence-corrected chi connectivity index (χ2v) is 26.3. The first-order valence-corrected chi connectivity index (χ1v) is 28.7. The van der Waals surface area contributed by atoms with Gasteiger partial charge in [-0.25, -0.2) is 9.97 Å². The maximum Gasteiger partial charge on any atom is 0.215 e. The van der Waals surface area contributed by atoms with Gasteiger partial charge in [-0.15, -0.1) is 20.4 Å². The molecule has 8 heterocycles. The van der Waals surface area contributed by atoms with Gasteiger partial charge in [0, 0.05) is 87.7 Å². The van der Waals surface area contributed by atoms with Crippen LogP contribution in [0.1, 0.15) is 98.5 Å². The van der Waals surface area contributed by atoms with Crippen molar-refractivity contribution in [3.63, 3.8) is 0 Å². The number of nitrogens with one attached hydrogen (secondary N) is 1. The molecule has 2 aliphatic rings. The van der Waals surface area contributed by atoms with Crippen LogP contribution in [0.5, 0.6) is 0 Å². The van der Waals surface area contributed by atoms with Crippen LogP contribution >= 0.6 is 22.7 Å². The minimum atomic E-state index is -1.18. The maximum absolute atomic E-state index is 6.19. The fourth-order valence-electron chi connectivity index (χ4n) is 8.75. The predicted molar refractivity (Wildman–Crippen MR) is 269 cm³/mol. The quantitative estimate of drug-likeness (QED) is 0.0587. The first kappa shape index (κ1) is 45.6. The van der Waals surface area contributed by atoms with Gasteiger partial charge in [-0.1, -0.05) is 81.8 Å². The van der Waals surface area contributed by atoms with Gasteiger partial charge in [-0.2, -0.15) is 10.2 Å². The van der Waals surface area contributed by atoms with Gasteiger partial charge in [0.05, 0.1) is 33.5 Å². The molecule has 1 N–H and O–H groups in total. The van der Waals surface area contributed by atoms with E-state index >= 15 is 0 Å². The van der Waals surface area contributed by atoms with Crippen molar-refractivity contribution >= 4 is 74.7 Å². The number of nitrogens with zero attached hydrogens (tertiary/aromatic N) is 13. The summed E-state index contributed by atoms with van der Waals surface area (Å²) in [6.07, 6.45) is 19.7. The Morgan fingerprint density at radius 1 is 0.697 bits per heavy atom.